The highest BCUT2D eigenvalue weighted by Crippen LogP contribution is 2.56. The SMILES string of the molecule is CC(C)(COP(=O)([O-])OP(=O)([O-])OCC1OC(n2cnc3c(N)ncnc32)C(O)C1OP(=O)([O-])[O-])C(O)C(=O)NCCC(=O)NCCSC(=O)/C=C/CC(=O)O.CSC(=O)CCCC(=O)O. The Morgan fingerprint density at radius 2 is 1.65 bits per heavy atom. The zero-order valence-electron chi connectivity index (χ0n) is 34.9. The number of hydrogen-bond acceptors (Lipinski definition) is 26. The monoisotopic (exact) mass is 1040 g/mol. The number of hydrogen-bond donors (Lipinski definition) is 7. The van der Waals surface area contributed by atoms with E-state index in [0.29, 0.717) is 12.8 Å². The van der Waals surface area contributed by atoms with Crippen LogP contribution in [0.4, 0.5) is 5.82 Å². The molecule has 7 atom stereocenters. The molecule has 3 rings (SSSR count). The number of anilines is 1. The highest BCUT2D eigenvalue weighted by molar-refractivity contribution is 8.14. The standard InChI is InChI=1S/C26H40N7O19P3S.C6H10O3S/c1-26(2,21(39)24(40)29-7-6-15(34)28-8-9-56-17(37)5-3-4-16(35)36)11-49-55(46,47)52-54(44,45)48-10-14-20(51-53(41,42)43)19(38)25(50-14)33-13-32-18-22(27)30-12-31-23(18)33;1-10-6(9)4-2-3-5(7)8/h3,5,12-14,19-21,25,38-39H,4,6-11H2,1-2H3,(H,28,34)(H,29,40)(H,35,36)(H,44,45)(H,46,47)(H2,27,30,31)(H2,41,42,43);2-4H2,1H3,(H,7,8)/p-4/b5-3+;. The minimum Gasteiger partial charge on any atom is -0.790 e. The third kappa shape index (κ3) is 21.1. The minimum atomic E-state index is -5.93. The summed E-state index contributed by atoms with van der Waals surface area (Å²) in [7, 11) is -17.6. The lowest BCUT2D eigenvalue weighted by Gasteiger charge is -2.36. The molecule has 0 saturated carbocycles. The van der Waals surface area contributed by atoms with Crippen molar-refractivity contribution in [1.82, 2.24) is 30.2 Å². The number of carbonyl (C=O) groups excluding carboxylic acids is 4. The number of nitrogens with zero attached hydrogens (tertiary/aromatic N) is 4. The van der Waals surface area contributed by atoms with Crippen molar-refractivity contribution in [3.8, 4) is 0 Å². The normalized spacial score (nSPS) is 19.8. The second kappa shape index (κ2) is 26.7. The molecule has 1 aliphatic rings. The van der Waals surface area contributed by atoms with Crippen LogP contribution in [0.3, 0.4) is 0 Å². The number of amides is 2. The summed E-state index contributed by atoms with van der Waals surface area (Å²) in [4.78, 5) is 126. The summed E-state index contributed by atoms with van der Waals surface area (Å²) < 4.78 is 60.3. The molecule has 1 fully saturated rings. The second-order valence-electron chi connectivity index (χ2n) is 14.0. The van der Waals surface area contributed by atoms with Crippen LogP contribution < -0.4 is 35.9 Å². The molecule has 66 heavy (non-hydrogen) atoms. The first-order chi connectivity index (χ1) is 30.6. The lowest BCUT2D eigenvalue weighted by molar-refractivity contribution is -0.347. The molecule has 1 aliphatic heterocycles. The zero-order chi connectivity index (χ0) is 50.0. The summed E-state index contributed by atoms with van der Waals surface area (Å²) in [5.41, 5.74) is 4.00. The summed E-state index contributed by atoms with van der Waals surface area (Å²) in [5.74, 6) is -3.45. The Morgan fingerprint density at radius 1 is 0.985 bits per heavy atom. The highest BCUT2D eigenvalue weighted by Gasteiger charge is 2.47. The van der Waals surface area contributed by atoms with Gasteiger partial charge in [-0.1, -0.05) is 43.4 Å². The molecular formula is C32H46N7O22P3S2-4. The fourth-order valence-corrected chi connectivity index (χ4v) is 8.73. The van der Waals surface area contributed by atoms with Crippen LogP contribution >= 0.6 is 47.0 Å². The summed E-state index contributed by atoms with van der Waals surface area (Å²) >= 11 is 1.98. The Balaban J connectivity index is 0.00000133. The van der Waals surface area contributed by atoms with Gasteiger partial charge in [-0.25, -0.2) is 19.3 Å². The number of carboxylic acid groups (broad SMARTS) is 2. The van der Waals surface area contributed by atoms with Gasteiger partial charge in [-0.15, -0.1) is 0 Å². The van der Waals surface area contributed by atoms with Gasteiger partial charge < -0.3 is 79.2 Å². The number of aliphatic hydroxyl groups is 2. The van der Waals surface area contributed by atoms with E-state index >= 15 is 0 Å². The molecule has 29 nitrogen and oxygen atoms in total. The van der Waals surface area contributed by atoms with E-state index in [1.807, 2.05) is 0 Å². The molecule has 3 heterocycles. The number of nitrogens with two attached hydrogens (primary N) is 1. The van der Waals surface area contributed by atoms with Gasteiger partial charge in [-0.05, 0) is 18.8 Å². The number of nitrogens with one attached hydrogen (secondary N) is 2. The largest absolute Gasteiger partial charge is 0.790 e. The van der Waals surface area contributed by atoms with E-state index in [0.717, 1.165) is 46.8 Å². The summed E-state index contributed by atoms with van der Waals surface area (Å²) in [6.45, 7) is -0.189. The number of aromatic nitrogens is 4. The van der Waals surface area contributed by atoms with Crippen LogP contribution in [0.15, 0.2) is 24.8 Å². The van der Waals surface area contributed by atoms with Crippen molar-refractivity contribution in [3.05, 3.63) is 24.8 Å². The number of ether oxygens (including phenoxy) is 1. The molecule has 34 heteroatoms. The number of thioether (sulfide) groups is 2. The molecule has 0 spiro atoms. The Hall–Kier alpha value is -3.74. The third-order valence-electron chi connectivity index (χ3n) is 8.27. The second-order valence-corrected chi connectivity index (χ2v) is 20.0. The van der Waals surface area contributed by atoms with E-state index in [1.54, 1.807) is 6.26 Å². The molecule has 2 aromatic heterocycles. The number of nitrogen functional groups attached to an aromatic ring is 1. The quantitative estimate of drug-likeness (QED) is 0.0286. The van der Waals surface area contributed by atoms with Gasteiger partial charge in [0.15, 0.2) is 22.8 Å². The van der Waals surface area contributed by atoms with Crippen LogP contribution in [-0.2, 0) is 65.1 Å². The number of phosphoric ester groups is 3. The Bertz CT molecular complexity index is 2190. The van der Waals surface area contributed by atoms with Crippen molar-refractivity contribution in [1.29, 1.82) is 0 Å². The maximum Gasteiger partial charge on any atom is 0.307 e. The number of fused-ring (bicyclic) bond motifs is 1. The van der Waals surface area contributed by atoms with Gasteiger partial charge in [-0.2, -0.15) is 0 Å². The zero-order valence-corrected chi connectivity index (χ0v) is 39.2. The molecular weight excluding hydrogens is 991 g/mol. The summed E-state index contributed by atoms with van der Waals surface area (Å²) in [6, 6.07) is 0. The van der Waals surface area contributed by atoms with Gasteiger partial charge >= 0.3 is 11.9 Å². The van der Waals surface area contributed by atoms with E-state index in [9.17, 15) is 72.2 Å². The first-order valence-corrected chi connectivity index (χ1v) is 25.3. The average Bonchev–Trinajstić information content (AvgIpc) is 3.77. The predicted octanol–water partition coefficient (Wildman–Crippen LogP) is -2.70. The topological polar surface area (TPSA) is 467 Å². The molecule has 0 radical (unpaired) electrons. The van der Waals surface area contributed by atoms with Gasteiger partial charge in [-0.3, -0.25) is 42.5 Å². The summed E-state index contributed by atoms with van der Waals surface area (Å²) in [5, 5.41) is 42.4. The van der Waals surface area contributed by atoms with Crippen molar-refractivity contribution >= 4 is 98.0 Å². The van der Waals surface area contributed by atoms with Crippen molar-refractivity contribution < 1.29 is 105 Å². The number of carbonyl (C=O) groups is 6. The van der Waals surface area contributed by atoms with Crippen LogP contribution in [0.5, 0.6) is 0 Å². The van der Waals surface area contributed by atoms with E-state index in [-0.39, 0.29) is 60.2 Å². The molecule has 7 unspecified atom stereocenters. The van der Waals surface area contributed by atoms with E-state index in [2.05, 4.69) is 43.5 Å². The third-order valence-corrected chi connectivity index (χ3v) is 12.8. The number of rotatable bonds is 26. The van der Waals surface area contributed by atoms with Crippen molar-refractivity contribution in [2.75, 3.05) is 44.0 Å². The van der Waals surface area contributed by atoms with E-state index in [1.165, 1.54) is 19.9 Å². The van der Waals surface area contributed by atoms with Crippen molar-refractivity contribution in [2.45, 2.75) is 76.6 Å². The Kier molecular flexibility index (Phi) is 23.6. The molecule has 2 aromatic rings. The fraction of sp³-hybridized carbons (Fsp3) is 0.594. The number of carboxylic acids is 2. The number of imidazole rings is 1. The van der Waals surface area contributed by atoms with Crippen LogP contribution in [-0.4, -0.2) is 137 Å². The Labute approximate surface area is 383 Å². The first-order valence-electron chi connectivity index (χ1n) is 18.7. The minimum absolute atomic E-state index is 0.0324. The van der Waals surface area contributed by atoms with E-state index in [4.69, 9.17) is 20.7 Å². The number of aliphatic hydroxyl groups excluding tert-OH is 2. The van der Waals surface area contributed by atoms with Crippen molar-refractivity contribution in [2.24, 2.45) is 5.41 Å². The van der Waals surface area contributed by atoms with Crippen LogP contribution in [0.25, 0.3) is 11.2 Å². The lowest BCUT2D eigenvalue weighted by atomic mass is 9.87. The van der Waals surface area contributed by atoms with Crippen LogP contribution in [0, 0.1) is 5.41 Å². The van der Waals surface area contributed by atoms with Gasteiger partial charge in [0.25, 0.3) is 15.6 Å². The van der Waals surface area contributed by atoms with Crippen molar-refractivity contribution in [3.63, 3.8) is 0 Å². The fourth-order valence-electron chi connectivity index (χ4n) is 5.05. The van der Waals surface area contributed by atoms with E-state index < -0.39 is 102 Å². The molecule has 1 saturated heterocycles. The van der Waals surface area contributed by atoms with Gasteiger partial charge in [0, 0.05) is 43.5 Å². The molecule has 0 aliphatic carbocycles. The maximum absolute atomic E-state index is 12.5. The van der Waals surface area contributed by atoms with Crippen LogP contribution in [0.2, 0.25) is 0 Å². The molecule has 8 N–H and O–H groups in total. The molecule has 0 bridgehead atoms. The van der Waals surface area contributed by atoms with Gasteiger partial charge in [0.2, 0.25) is 16.9 Å². The predicted molar refractivity (Wildman–Crippen MR) is 220 cm³/mol. The van der Waals surface area contributed by atoms with Gasteiger partial charge in [0.1, 0.15) is 36.3 Å². The smallest absolute Gasteiger partial charge is 0.307 e. The summed E-state index contributed by atoms with van der Waals surface area (Å²) in [6.07, 6.45) is -3.21. The molecule has 2 amide bonds. The Morgan fingerprint density at radius 3 is 2.27 bits per heavy atom. The lowest BCUT2D eigenvalue weighted by Crippen LogP contribution is -2.46. The maximum atomic E-state index is 12.5. The van der Waals surface area contributed by atoms with Crippen LogP contribution in [0.1, 0.15) is 52.2 Å². The number of aliphatic carboxylic acids is 2. The molecule has 372 valence electrons. The van der Waals surface area contributed by atoms with Gasteiger partial charge in [0.05, 0.1) is 33.8 Å². The average molecular weight is 1040 g/mol. The highest BCUT2D eigenvalue weighted by atomic mass is 32.2. The number of phosphoric acid groups is 3. The molecule has 0 aromatic carbocycles. The first kappa shape index (κ1) is 58.4.